The van der Waals surface area contributed by atoms with Crippen LogP contribution in [0.4, 0.5) is 14.5 Å². The Kier molecular flexibility index (Phi) is 9.06. The fourth-order valence-electron chi connectivity index (χ4n) is 3.45. The molecule has 3 rings (SSSR count). The number of morpholine rings is 1. The lowest BCUT2D eigenvalue weighted by atomic mass is 10.1. The number of ether oxygens (including phenoxy) is 2. The van der Waals surface area contributed by atoms with E-state index >= 15 is 0 Å². The second-order valence-electron chi connectivity index (χ2n) is 7.27. The minimum atomic E-state index is -2.88. The Morgan fingerprint density at radius 2 is 1.84 bits per heavy atom. The number of nitrogens with one attached hydrogen (secondary N) is 2. The van der Waals surface area contributed by atoms with Crippen molar-refractivity contribution in [3.8, 4) is 5.75 Å². The topological polar surface area (TPSA) is 78.4 Å². The molecular formula is C23H30F2N4O3. The molecule has 0 aliphatic carbocycles. The molecule has 1 saturated heterocycles. The van der Waals surface area contributed by atoms with Crippen molar-refractivity contribution < 1.29 is 23.4 Å². The molecule has 0 aromatic heterocycles. The second-order valence-corrected chi connectivity index (χ2v) is 7.27. The Bertz CT molecular complexity index is 859. The normalized spacial score (nSPS) is 15.5. The van der Waals surface area contributed by atoms with E-state index in [1.54, 1.807) is 12.1 Å². The maximum absolute atomic E-state index is 12.3. The summed E-state index contributed by atoms with van der Waals surface area (Å²) < 4.78 is 34.3. The number of nitrogens with zero attached hydrogens (tertiary/aromatic N) is 2. The lowest BCUT2D eigenvalue weighted by Gasteiger charge is -2.30. The van der Waals surface area contributed by atoms with Gasteiger partial charge in [0, 0.05) is 31.9 Å². The van der Waals surface area contributed by atoms with Crippen molar-refractivity contribution in [1.29, 1.82) is 0 Å². The van der Waals surface area contributed by atoms with Crippen LogP contribution in [0, 0.1) is 0 Å². The fourth-order valence-corrected chi connectivity index (χ4v) is 3.45. The highest BCUT2D eigenvalue weighted by molar-refractivity contribution is 5.80. The van der Waals surface area contributed by atoms with Crippen LogP contribution in [-0.4, -0.2) is 57.1 Å². The number of hydrogen-bond acceptors (Lipinski definition) is 5. The zero-order chi connectivity index (χ0) is 22.8. The summed E-state index contributed by atoms with van der Waals surface area (Å²) in [6.45, 7) is 3.61. The Morgan fingerprint density at radius 1 is 1.12 bits per heavy atom. The lowest BCUT2D eigenvalue weighted by Crippen LogP contribution is -2.39. The number of alkyl halides is 2. The van der Waals surface area contributed by atoms with E-state index in [0.29, 0.717) is 24.6 Å². The highest BCUT2D eigenvalue weighted by Gasteiger charge is 2.15. The van der Waals surface area contributed by atoms with Gasteiger partial charge in [-0.05, 0) is 36.2 Å². The molecule has 1 aliphatic rings. The van der Waals surface area contributed by atoms with E-state index in [2.05, 4.69) is 37.4 Å². The molecule has 1 unspecified atom stereocenters. The molecule has 1 aliphatic heterocycles. The van der Waals surface area contributed by atoms with Crippen LogP contribution in [0.1, 0.15) is 24.2 Å². The first-order valence-electron chi connectivity index (χ1n) is 10.7. The van der Waals surface area contributed by atoms with E-state index in [-0.39, 0.29) is 12.3 Å². The molecule has 0 radical (unpaired) electrons. The molecule has 7 nitrogen and oxygen atoms in total. The first kappa shape index (κ1) is 23.7. The first-order valence-corrected chi connectivity index (χ1v) is 10.7. The summed E-state index contributed by atoms with van der Waals surface area (Å²) in [7, 11) is 0. The van der Waals surface area contributed by atoms with Crippen LogP contribution in [0.5, 0.6) is 5.75 Å². The minimum Gasteiger partial charge on any atom is -0.435 e. The van der Waals surface area contributed by atoms with Crippen LogP contribution in [0.25, 0.3) is 0 Å². The van der Waals surface area contributed by atoms with Gasteiger partial charge in [-0.15, -0.1) is 0 Å². The molecule has 0 spiro atoms. The minimum absolute atomic E-state index is 0.0535. The molecule has 3 N–H and O–H groups in total. The fraction of sp³-hybridized carbons (Fsp3) is 0.435. The maximum Gasteiger partial charge on any atom is 0.387 e. The van der Waals surface area contributed by atoms with E-state index in [0.717, 1.165) is 37.6 Å². The van der Waals surface area contributed by atoms with Crippen molar-refractivity contribution in [2.75, 3.05) is 44.3 Å². The number of anilines is 1. The van der Waals surface area contributed by atoms with E-state index in [4.69, 9.17) is 4.74 Å². The molecule has 1 atom stereocenters. The smallest absolute Gasteiger partial charge is 0.387 e. The molecule has 0 amide bonds. The average molecular weight is 449 g/mol. The standard InChI is InChI=1S/C23H30F2N4O3/c1-2-26-23(28-16-21(30)17-7-9-19(10-8-17)32-22(24)25)27-15-18-5-3-4-6-20(18)29-11-13-31-14-12-29/h3-10,21-22,30H,2,11-16H2,1H3,(H2,26,27,28). The van der Waals surface area contributed by atoms with Crippen LogP contribution in [0.3, 0.4) is 0 Å². The van der Waals surface area contributed by atoms with Gasteiger partial charge in [-0.2, -0.15) is 8.78 Å². The van der Waals surface area contributed by atoms with Crippen molar-refractivity contribution in [2.45, 2.75) is 26.2 Å². The molecule has 9 heteroatoms. The van der Waals surface area contributed by atoms with E-state index in [1.165, 1.54) is 12.1 Å². The number of aliphatic hydroxyl groups is 1. The quantitative estimate of drug-likeness (QED) is 0.405. The highest BCUT2D eigenvalue weighted by Crippen LogP contribution is 2.22. The highest BCUT2D eigenvalue weighted by atomic mass is 19.3. The van der Waals surface area contributed by atoms with Gasteiger partial charge >= 0.3 is 6.61 Å². The van der Waals surface area contributed by atoms with Crippen molar-refractivity contribution >= 4 is 11.6 Å². The summed E-state index contributed by atoms with van der Waals surface area (Å²) in [4.78, 5) is 6.98. The number of aliphatic hydroxyl groups excluding tert-OH is 1. The van der Waals surface area contributed by atoms with Gasteiger partial charge in [0.1, 0.15) is 5.75 Å². The van der Waals surface area contributed by atoms with Crippen LogP contribution in [0.2, 0.25) is 0 Å². The summed E-state index contributed by atoms with van der Waals surface area (Å²) in [5.41, 5.74) is 2.86. The summed E-state index contributed by atoms with van der Waals surface area (Å²) in [5, 5.41) is 16.8. The van der Waals surface area contributed by atoms with Gasteiger partial charge in [0.25, 0.3) is 0 Å². The van der Waals surface area contributed by atoms with Gasteiger partial charge in [-0.25, -0.2) is 4.99 Å². The van der Waals surface area contributed by atoms with Crippen LogP contribution < -0.4 is 20.3 Å². The molecular weight excluding hydrogens is 418 g/mol. The average Bonchev–Trinajstić information content (AvgIpc) is 2.81. The molecule has 1 fully saturated rings. The second kappa shape index (κ2) is 12.2. The predicted octanol–water partition coefficient (Wildman–Crippen LogP) is 2.91. The van der Waals surface area contributed by atoms with Gasteiger partial charge in [0.2, 0.25) is 0 Å². The summed E-state index contributed by atoms with van der Waals surface area (Å²) in [5.74, 6) is 0.638. The van der Waals surface area contributed by atoms with Crippen LogP contribution in [-0.2, 0) is 11.3 Å². The lowest BCUT2D eigenvalue weighted by molar-refractivity contribution is -0.0498. The van der Waals surface area contributed by atoms with Gasteiger partial charge in [0.05, 0.1) is 25.9 Å². The predicted molar refractivity (Wildman–Crippen MR) is 120 cm³/mol. The monoisotopic (exact) mass is 448 g/mol. The van der Waals surface area contributed by atoms with E-state index < -0.39 is 12.7 Å². The Morgan fingerprint density at radius 3 is 2.53 bits per heavy atom. The SMILES string of the molecule is CCNC(=NCc1ccccc1N1CCOCC1)NCC(O)c1ccc(OC(F)F)cc1. The third-order valence-electron chi connectivity index (χ3n) is 5.05. The number of benzene rings is 2. The maximum atomic E-state index is 12.3. The van der Waals surface area contributed by atoms with Gasteiger partial charge < -0.3 is 30.1 Å². The molecule has 1 heterocycles. The molecule has 0 saturated carbocycles. The number of rotatable bonds is 9. The summed E-state index contributed by atoms with van der Waals surface area (Å²) in [6, 6.07) is 14.1. The summed E-state index contributed by atoms with van der Waals surface area (Å²) >= 11 is 0. The van der Waals surface area contributed by atoms with Crippen molar-refractivity contribution in [2.24, 2.45) is 4.99 Å². The number of guanidine groups is 1. The van der Waals surface area contributed by atoms with E-state index in [9.17, 15) is 13.9 Å². The number of hydrogen-bond donors (Lipinski definition) is 3. The Labute approximate surface area is 187 Å². The van der Waals surface area contributed by atoms with E-state index in [1.807, 2.05) is 19.1 Å². The molecule has 0 bridgehead atoms. The Hall–Kier alpha value is -2.91. The number of para-hydroxylation sites is 1. The number of aliphatic imine (C=N–C) groups is 1. The molecule has 2 aromatic carbocycles. The zero-order valence-electron chi connectivity index (χ0n) is 18.1. The van der Waals surface area contributed by atoms with Crippen molar-refractivity contribution in [3.63, 3.8) is 0 Å². The molecule has 32 heavy (non-hydrogen) atoms. The van der Waals surface area contributed by atoms with Gasteiger partial charge in [-0.3, -0.25) is 0 Å². The Balaban J connectivity index is 1.60. The zero-order valence-corrected chi connectivity index (χ0v) is 18.1. The van der Waals surface area contributed by atoms with Crippen LogP contribution in [0.15, 0.2) is 53.5 Å². The third kappa shape index (κ3) is 7.06. The molecule has 174 valence electrons. The first-order chi connectivity index (χ1) is 15.6. The molecule has 2 aromatic rings. The third-order valence-corrected chi connectivity index (χ3v) is 5.05. The number of halogens is 2. The van der Waals surface area contributed by atoms with Crippen LogP contribution >= 0.6 is 0 Å². The van der Waals surface area contributed by atoms with Gasteiger partial charge in [-0.1, -0.05) is 30.3 Å². The van der Waals surface area contributed by atoms with Gasteiger partial charge in [0.15, 0.2) is 5.96 Å². The summed E-state index contributed by atoms with van der Waals surface area (Å²) in [6.07, 6.45) is -0.833. The van der Waals surface area contributed by atoms with Crippen molar-refractivity contribution in [3.05, 3.63) is 59.7 Å². The largest absolute Gasteiger partial charge is 0.435 e. The van der Waals surface area contributed by atoms with Crippen molar-refractivity contribution in [1.82, 2.24) is 10.6 Å².